The molecule has 1 fully saturated rings. The van der Waals surface area contributed by atoms with E-state index in [1.807, 2.05) is 41.4 Å². The molecule has 2 N–H and O–H groups in total. The van der Waals surface area contributed by atoms with Gasteiger partial charge in [0.05, 0.1) is 18.7 Å². The zero-order valence-electron chi connectivity index (χ0n) is 20.5. The molecule has 6 rings (SSSR count). The number of anilines is 3. The fourth-order valence-corrected chi connectivity index (χ4v) is 4.91. The van der Waals surface area contributed by atoms with Crippen molar-refractivity contribution < 1.29 is 18.0 Å². The fraction of sp³-hybridized carbons (Fsp3) is 0.308. The molecule has 0 unspecified atom stereocenters. The van der Waals surface area contributed by atoms with Crippen molar-refractivity contribution >= 4 is 23.4 Å². The van der Waals surface area contributed by atoms with E-state index >= 15 is 0 Å². The van der Waals surface area contributed by atoms with E-state index in [4.69, 9.17) is 0 Å². The van der Waals surface area contributed by atoms with E-state index in [1.165, 1.54) is 4.90 Å². The van der Waals surface area contributed by atoms with Gasteiger partial charge in [-0.2, -0.15) is 23.3 Å². The van der Waals surface area contributed by atoms with Gasteiger partial charge in [-0.05, 0) is 41.8 Å². The van der Waals surface area contributed by atoms with Crippen LogP contribution in [-0.4, -0.2) is 61.4 Å². The second-order valence-electron chi connectivity index (χ2n) is 9.61. The van der Waals surface area contributed by atoms with Crippen molar-refractivity contribution in [2.24, 2.45) is 13.0 Å². The number of halogens is 3. The number of aromatic nitrogens is 5. The van der Waals surface area contributed by atoms with E-state index in [2.05, 4.69) is 25.5 Å². The van der Waals surface area contributed by atoms with Gasteiger partial charge in [0.15, 0.2) is 0 Å². The van der Waals surface area contributed by atoms with E-state index in [9.17, 15) is 18.0 Å². The third-order valence-electron chi connectivity index (χ3n) is 7.20. The van der Waals surface area contributed by atoms with E-state index in [0.717, 1.165) is 28.1 Å². The number of carbonyl (C=O) groups is 1. The summed E-state index contributed by atoms with van der Waals surface area (Å²) in [5.41, 5.74) is 5.30. The zero-order valence-corrected chi connectivity index (χ0v) is 20.5. The summed E-state index contributed by atoms with van der Waals surface area (Å²) in [7, 11) is 1.78. The Morgan fingerprint density at radius 3 is 2.63 bits per heavy atom. The number of nitrogens with zero attached hydrogens (tertiary/aromatic N) is 6. The fourth-order valence-electron chi connectivity index (χ4n) is 4.91. The van der Waals surface area contributed by atoms with Gasteiger partial charge in [-0.25, -0.2) is 4.98 Å². The van der Waals surface area contributed by atoms with Crippen LogP contribution < -0.4 is 10.2 Å². The molecule has 1 aromatic carbocycles. The summed E-state index contributed by atoms with van der Waals surface area (Å²) >= 11 is 0. The van der Waals surface area contributed by atoms with Crippen molar-refractivity contribution in [3.05, 3.63) is 71.9 Å². The number of hydrogen-bond acceptors (Lipinski definition) is 6. The molecule has 0 atom stereocenters. The van der Waals surface area contributed by atoms with Crippen molar-refractivity contribution in [3.8, 4) is 11.1 Å². The number of fused-ring (bicyclic) bond motifs is 1. The van der Waals surface area contributed by atoms with Crippen LogP contribution in [0, 0.1) is 5.92 Å². The lowest BCUT2D eigenvalue weighted by Gasteiger charge is -2.40. The minimum Gasteiger partial charge on any atom is -0.342 e. The first-order chi connectivity index (χ1) is 18.3. The summed E-state index contributed by atoms with van der Waals surface area (Å²) in [5.74, 6) is -0.600. The molecule has 0 saturated carbocycles. The molecule has 38 heavy (non-hydrogen) atoms. The van der Waals surface area contributed by atoms with Crippen molar-refractivity contribution in [2.75, 3.05) is 29.9 Å². The highest BCUT2D eigenvalue weighted by Crippen LogP contribution is 2.35. The van der Waals surface area contributed by atoms with Gasteiger partial charge >= 0.3 is 6.18 Å². The van der Waals surface area contributed by atoms with Crippen LogP contribution in [0.1, 0.15) is 21.7 Å². The molecule has 196 valence electrons. The van der Waals surface area contributed by atoms with Crippen LogP contribution in [-0.2, 0) is 20.0 Å². The number of H-pyrrole nitrogens is 1. The molecule has 1 amide bonds. The summed E-state index contributed by atoms with van der Waals surface area (Å²) in [4.78, 5) is 25.3. The molecule has 0 radical (unpaired) electrons. The predicted octanol–water partition coefficient (Wildman–Crippen LogP) is 4.15. The molecule has 0 bridgehead atoms. The van der Waals surface area contributed by atoms with Gasteiger partial charge in [0.25, 0.3) is 5.91 Å². The first-order valence-corrected chi connectivity index (χ1v) is 12.2. The number of likely N-dealkylation sites (tertiary alicyclic amines) is 1. The molecule has 2 aliphatic heterocycles. The zero-order chi connectivity index (χ0) is 26.4. The van der Waals surface area contributed by atoms with Gasteiger partial charge in [-0.3, -0.25) is 9.89 Å². The summed E-state index contributed by atoms with van der Waals surface area (Å²) in [6, 6.07) is 11.5. The summed E-state index contributed by atoms with van der Waals surface area (Å²) in [6.07, 6.45) is 1.71. The van der Waals surface area contributed by atoms with Gasteiger partial charge in [0.1, 0.15) is 11.5 Å². The average molecular weight is 523 g/mol. The number of amides is 1. The molecular weight excluding hydrogens is 497 g/mol. The smallest absolute Gasteiger partial charge is 0.342 e. The lowest BCUT2D eigenvalue weighted by Crippen LogP contribution is -2.55. The Kier molecular flexibility index (Phi) is 5.81. The van der Waals surface area contributed by atoms with Crippen LogP contribution in [0.15, 0.2) is 55.0 Å². The Morgan fingerprint density at radius 2 is 1.92 bits per heavy atom. The van der Waals surface area contributed by atoms with Crippen LogP contribution in [0.4, 0.5) is 30.6 Å². The lowest BCUT2D eigenvalue weighted by atomic mass is 9.99. The third-order valence-corrected chi connectivity index (χ3v) is 7.20. The van der Waals surface area contributed by atoms with Crippen molar-refractivity contribution in [1.82, 2.24) is 29.6 Å². The van der Waals surface area contributed by atoms with Gasteiger partial charge in [-0.15, -0.1) is 0 Å². The lowest BCUT2D eigenvalue weighted by molar-refractivity contribution is -0.202. The van der Waals surface area contributed by atoms with E-state index in [-0.39, 0.29) is 19.0 Å². The first kappa shape index (κ1) is 24.0. The van der Waals surface area contributed by atoms with Crippen LogP contribution in [0.5, 0.6) is 0 Å². The standard InChI is InChI=1S/C26H25F3N8O/c1-35-21(24(38)37-13-19(14-37)26(27,28)29)10-17-7-9-36(15-22(17)35)25-30-8-6-23(34-25)33-20-4-2-16(3-5-20)18-11-31-32-12-18/h2-6,8,10-12,19H,7,9,13-15H2,1H3,(H,31,32)(H,30,33,34). The molecule has 1 saturated heterocycles. The van der Waals surface area contributed by atoms with Gasteiger partial charge < -0.3 is 19.7 Å². The maximum absolute atomic E-state index is 12.9. The molecule has 9 nitrogen and oxygen atoms in total. The monoisotopic (exact) mass is 522 g/mol. The molecular formula is C26H25F3N8O. The highest BCUT2D eigenvalue weighted by Gasteiger charge is 2.49. The SMILES string of the molecule is Cn1c(C(=O)N2CC(C(F)(F)F)C2)cc2c1CN(c1nccc(Nc3ccc(-c4cn[nH]c4)cc3)n1)CC2. The summed E-state index contributed by atoms with van der Waals surface area (Å²) in [6.45, 7) is 0.578. The van der Waals surface area contributed by atoms with Crippen molar-refractivity contribution in [2.45, 2.75) is 19.1 Å². The normalized spacial score (nSPS) is 15.8. The quantitative estimate of drug-likeness (QED) is 0.409. The number of alkyl halides is 3. The number of hydrogen-bond donors (Lipinski definition) is 2. The maximum atomic E-state index is 12.9. The second kappa shape index (κ2) is 9.19. The Balaban J connectivity index is 1.14. The molecule has 0 spiro atoms. The minimum absolute atomic E-state index is 0.288. The molecule has 4 aromatic rings. The summed E-state index contributed by atoms with van der Waals surface area (Å²) < 4.78 is 40.4. The van der Waals surface area contributed by atoms with Gasteiger partial charge in [0, 0.05) is 56.0 Å². The van der Waals surface area contributed by atoms with Gasteiger partial charge in [-0.1, -0.05) is 12.1 Å². The topological polar surface area (TPSA) is 95.0 Å². The predicted molar refractivity (Wildman–Crippen MR) is 135 cm³/mol. The Labute approximate surface area is 216 Å². The molecule has 2 aliphatic rings. The number of rotatable bonds is 5. The first-order valence-electron chi connectivity index (χ1n) is 12.2. The molecule has 12 heteroatoms. The number of benzene rings is 1. The molecule has 0 aliphatic carbocycles. The Hall–Kier alpha value is -4.35. The second-order valence-corrected chi connectivity index (χ2v) is 9.61. The van der Waals surface area contributed by atoms with Crippen LogP contribution >= 0.6 is 0 Å². The van der Waals surface area contributed by atoms with Crippen LogP contribution in [0.3, 0.4) is 0 Å². The van der Waals surface area contributed by atoms with Crippen LogP contribution in [0.25, 0.3) is 11.1 Å². The van der Waals surface area contributed by atoms with Crippen molar-refractivity contribution in [3.63, 3.8) is 0 Å². The average Bonchev–Trinajstić information content (AvgIpc) is 3.51. The number of nitrogens with one attached hydrogen (secondary N) is 2. The minimum atomic E-state index is -4.27. The molecule has 5 heterocycles. The third kappa shape index (κ3) is 4.46. The summed E-state index contributed by atoms with van der Waals surface area (Å²) in [5, 5.41) is 10.1. The van der Waals surface area contributed by atoms with Crippen LogP contribution in [0.2, 0.25) is 0 Å². The number of aromatic amines is 1. The number of carbonyl (C=O) groups excluding carboxylic acids is 1. The van der Waals surface area contributed by atoms with Crippen molar-refractivity contribution in [1.29, 1.82) is 0 Å². The Bertz CT molecular complexity index is 1460. The Morgan fingerprint density at radius 1 is 1.13 bits per heavy atom. The highest BCUT2D eigenvalue weighted by molar-refractivity contribution is 5.94. The van der Waals surface area contributed by atoms with E-state index in [0.29, 0.717) is 37.0 Å². The largest absolute Gasteiger partial charge is 0.395 e. The van der Waals surface area contributed by atoms with E-state index < -0.39 is 12.1 Å². The van der Waals surface area contributed by atoms with Gasteiger partial charge in [0.2, 0.25) is 5.95 Å². The highest BCUT2D eigenvalue weighted by atomic mass is 19.4. The molecule has 3 aromatic heterocycles. The van der Waals surface area contributed by atoms with E-state index in [1.54, 1.807) is 30.1 Å². The maximum Gasteiger partial charge on any atom is 0.395 e.